The Balaban J connectivity index is 1.53. The summed E-state index contributed by atoms with van der Waals surface area (Å²) in [6.45, 7) is 2.44. The van der Waals surface area contributed by atoms with Crippen LogP contribution in [0.1, 0.15) is 36.3 Å². The molecule has 1 saturated carbocycles. The van der Waals surface area contributed by atoms with E-state index in [4.69, 9.17) is 22.1 Å². The number of hydrogen-bond donors (Lipinski definition) is 3. The Hall–Kier alpha value is -2.15. The van der Waals surface area contributed by atoms with E-state index in [-0.39, 0.29) is 23.8 Å². The number of amides is 1. The van der Waals surface area contributed by atoms with Gasteiger partial charge in [0.15, 0.2) is 0 Å². The first-order chi connectivity index (χ1) is 13.6. The van der Waals surface area contributed by atoms with Crippen molar-refractivity contribution in [3.63, 3.8) is 0 Å². The van der Waals surface area contributed by atoms with Gasteiger partial charge in [0.05, 0.1) is 6.20 Å². The minimum Gasteiger partial charge on any atom is -0.455 e. The fourth-order valence-electron chi connectivity index (χ4n) is 4.42. The van der Waals surface area contributed by atoms with Crippen LogP contribution < -0.4 is 21.3 Å². The van der Waals surface area contributed by atoms with Crippen LogP contribution in [0.3, 0.4) is 0 Å². The van der Waals surface area contributed by atoms with Gasteiger partial charge in [0.2, 0.25) is 5.91 Å². The Kier molecular flexibility index (Phi) is 5.53. The molecular weight excluding hydrogens is 376 g/mol. The van der Waals surface area contributed by atoms with Crippen LogP contribution >= 0.6 is 11.6 Å². The summed E-state index contributed by atoms with van der Waals surface area (Å²) in [5, 5.41) is 0.677. The lowest BCUT2D eigenvalue weighted by molar-refractivity contribution is -0.133. The van der Waals surface area contributed by atoms with Gasteiger partial charge in [-0.15, -0.1) is 0 Å². The summed E-state index contributed by atoms with van der Waals surface area (Å²) in [6, 6.07) is 7.77. The summed E-state index contributed by atoms with van der Waals surface area (Å²) < 4.78 is 6.04. The number of nitrogens with zero attached hydrogens (tertiary/aromatic N) is 1. The van der Waals surface area contributed by atoms with Crippen LogP contribution in [0.4, 0.5) is 0 Å². The average molecular weight is 401 g/mol. The van der Waals surface area contributed by atoms with Crippen LogP contribution in [-0.2, 0) is 4.79 Å². The predicted octanol–water partition coefficient (Wildman–Crippen LogP) is 3.30. The molecule has 7 heteroatoms. The van der Waals surface area contributed by atoms with Crippen molar-refractivity contribution < 1.29 is 9.53 Å². The molecule has 1 aromatic heterocycles. The molecule has 1 aromatic carbocycles. The van der Waals surface area contributed by atoms with E-state index >= 15 is 0 Å². The molecule has 0 radical (unpaired) electrons. The first-order valence-electron chi connectivity index (χ1n) is 9.70. The van der Waals surface area contributed by atoms with Crippen molar-refractivity contribution >= 4 is 17.5 Å². The molecule has 4 unspecified atom stereocenters. The molecule has 2 aromatic rings. The molecule has 1 amide bonds. The third-order valence-electron chi connectivity index (χ3n) is 6.04. The zero-order chi connectivity index (χ0) is 19.7. The molecule has 1 saturated heterocycles. The van der Waals surface area contributed by atoms with E-state index < -0.39 is 0 Å². The summed E-state index contributed by atoms with van der Waals surface area (Å²) in [5.74, 6) is 2.11. The number of fused-ring (bicyclic) bond motifs is 1. The Morgan fingerprint density at radius 1 is 1.32 bits per heavy atom. The van der Waals surface area contributed by atoms with Crippen molar-refractivity contribution in [2.45, 2.75) is 38.1 Å². The Morgan fingerprint density at radius 3 is 3.00 bits per heavy atom. The summed E-state index contributed by atoms with van der Waals surface area (Å²) in [4.78, 5) is 16.6. The van der Waals surface area contributed by atoms with Crippen LogP contribution in [-0.4, -0.2) is 23.5 Å². The van der Waals surface area contributed by atoms with Gasteiger partial charge < -0.3 is 10.5 Å². The van der Waals surface area contributed by atoms with E-state index in [0.29, 0.717) is 23.2 Å². The highest BCUT2D eigenvalue weighted by molar-refractivity contribution is 6.31. The van der Waals surface area contributed by atoms with E-state index in [1.165, 1.54) is 0 Å². The van der Waals surface area contributed by atoms with E-state index in [1.807, 2.05) is 37.4 Å². The lowest BCUT2D eigenvalue weighted by Crippen LogP contribution is -2.62. The number of hydrogen-bond acceptors (Lipinski definition) is 5. The topological polar surface area (TPSA) is 89.3 Å². The standard InChI is InChI=1S/C21H25ClN4O2/c1-12-18(22)3-2-4-20(12)28-15-7-14(10-24-11-15)13-5-6-16-17(8-13)19(9-23)25-26-21(16)27/h2-4,7,10-11,13,16-17,19,25H,5-6,8-9,23H2,1H3,(H,26,27). The fraction of sp³-hybridized carbons (Fsp3) is 0.429. The predicted molar refractivity (Wildman–Crippen MR) is 108 cm³/mol. The molecule has 4 N–H and O–H groups in total. The lowest BCUT2D eigenvalue weighted by Gasteiger charge is -2.43. The lowest BCUT2D eigenvalue weighted by atomic mass is 9.68. The summed E-state index contributed by atoms with van der Waals surface area (Å²) in [6.07, 6.45) is 6.34. The largest absolute Gasteiger partial charge is 0.455 e. The quantitative estimate of drug-likeness (QED) is 0.732. The molecular formula is C21H25ClN4O2. The molecule has 2 fully saturated rings. The number of nitrogens with one attached hydrogen (secondary N) is 2. The van der Waals surface area contributed by atoms with Crippen LogP contribution in [0, 0.1) is 18.8 Å². The van der Waals surface area contributed by atoms with E-state index in [9.17, 15) is 4.79 Å². The smallest absolute Gasteiger partial charge is 0.237 e. The molecule has 4 rings (SSSR count). The van der Waals surface area contributed by atoms with Crippen LogP contribution in [0.25, 0.3) is 0 Å². The van der Waals surface area contributed by atoms with Crippen LogP contribution in [0.2, 0.25) is 5.02 Å². The fourth-order valence-corrected chi connectivity index (χ4v) is 4.58. The summed E-state index contributed by atoms with van der Waals surface area (Å²) in [7, 11) is 0. The molecule has 0 spiro atoms. The van der Waals surface area contributed by atoms with Gasteiger partial charge in [-0.25, -0.2) is 5.43 Å². The maximum absolute atomic E-state index is 12.2. The van der Waals surface area contributed by atoms with E-state index in [0.717, 1.165) is 36.1 Å². The molecule has 0 bridgehead atoms. The average Bonchev–Trinajstić information content (AvgIpc) is 2.72. The number of hydrazine groups is 1. The summed E-state index contributed by atoms with van der Waals surface area (Å²) in [5.41, 5.74) is 13.8. The highest BCUT2D eigenvalue weighted by atomic mass is 35.5. The van der Waals surface area contributed by atoms with Crippen molar-refractivity contribution in [3.05, 3.63) is 52.8 Å². The number of nitrogens with two attached hydrogens (primary N) is 1. The third-order valence-corrected chi connectivity index (χ3v) is 6.45. The zero-order valence-electron chi connectivity index (χ0n) is 15.8. The number of pyridine rings is 1. The van der Waals surface area contributed by atoms with Gasteiger partial charge in [0.25, 0.3) is 0 Å². The van der Waals surface area contributed by atoms with Gasteiger partial charge >= 0.3 is 0 Å². The third kappa shape index (κ3) is 3.72. The van der Waals surface area contributed by atoms with Gasteiger partial charge in [-0.05, 0) is 61.8 Å². The normalized spacial score (nSPS) is 27.0. The van der Waals surface area contributed by atoms with E-state index in [2.05, 4.69) is 15.8 Å². The minimum atomic E-state index is 0.0348. The SMILES string of the molecule is Cc1c(Cl)cccc1Oc1cncc(C2CCC3C(=O)NNC(CN)C3C2)c1. The molecule has 1 aliphatic heterocycles. The van der Waals surface area contributed by atoms with Gasteiger partial charge in [-0.2, -0.15) is 0 Å². The second kappa shape index (κ2) is 8.07. The first kappa shape index (κ1) is 19.2. The van der Waals surface area contributed by atoms with Gasteiger partial charge in [-0.3, -0.25) is 15.2 Å². The van der Waals surface area contributed by atoms with Crippen LogP contribution in [0.15, 0.2) is 36.7 Å². The second-order valence-electron chi connectivity index (χ2n) is 7.68. The molecule has 2 heterocycles. The molecule has 2 aliphatic rings. The Bertz CT molecular complexity index is 875. The van der Waals surface area contributed by atoms with Crippen molar-refractivity contribution in [2.24, 2.45) is 17.6 Å². The zero-order valence-corrected chi connectivity index (χ0v) is 16.6. The first-order valence-corrected chi connectivity index (χ1v) is 10.1. The minimum absolute atomic E-state index is 0.0348. The van der Waals surface area contributed by atoms with Gasteiger partial charge in [0, 0.05) is 35.3 Å². The molecule has 6 nitrogen and oxygen atoms in total. The number of halogens is 1. The van der Waals surface area contributed by atoms with E-state index in [1.54, 1.807) is 6.20 Å². The Labute approximate surface area is 169 Å². The Morgan fingerprint density at radius 2 is 2.18 bits per heavy atom. The van der Waals surface area contributed by atoms with Gasteiger partial charge in [0.1, 0.15) is 11.5 Å². The number of carbonyl (C=O) groups excluding carboxylic acids is 1. The number of benzene rings is 1. The van der Waals surface area contributed by atoms with Crippen molar-refractivity contribution in [1.82, 2.24) is 15.8 Å². The number of rotatable bonds is 4. The van der Waals surface area contributed by atoms with Gasteiger partial charge in [-0.1, -0.05) is 17.7 Å². The van der Waals surface area contributed by atoms with Crippen molar-refractivity contribution in [1.29, 1.82) is 0 Å². The second-order valence-corrected chi connectivity index (χ2v) is 8.08. The number of carbonyl (C=O) groups is 1. The number of aromatic nitrogens is 1. The summed E-state index contributed by atoms with van der Waals surface area (Å²) >= 11 is 6.19. The highest BCUT2D eigenvalue weighted by Gasteiger charge is 2.42. The molecule has 1 aliphatic carbocycles. The highest BCUT2D eigenvalue weighted by Crippen LogP contribution is 2.42. The number of ether oxygens (including phenoxy) is 1. The maximum atomic E-state index is 12.2. The molecule has 28 heavy (non-hydrogen) atoms. The van der Waals surface area contributed by atoms with Crippen molar-refractivity contribution in [2.75, 3.05) is 6.54 Å². The maximum Gasteiger partial charge on any atom is 0.237 e. The van der Waals surface area contributed by atoms with Crippen molar-refractivity contribution in [3.8, 4) is 11.5 Å². The molecule has 148 valence electrons. The molecule has 4 atom stereocenters. The van der Waals surface area contributed by atoms with Crippen LogP contribution in [0.5, 0.6) is 11.5 Å². The monoisotopic (exact) mass is 400 g/mol.